The molecule has 0 N–H and O–H groups in total. The third-order valence-corrected chi connectivity index (χ3v) is 4.07. The van der Waals surface area contributed by atoms with Gasteiger partial charge in [-0.3, -0.25) is 4.98 Å². The number of aromatic carboxylic acids is 1. The number of carbonyl (C=O) groups excluding carboxylic acids is 1. The Morgan fingerprint density at radius 3 is 2.72 bits per heavy atom. The van der Waals surface area contributed by atoms with Gasteiger partial charge in [-0.05, 0) is 36.4 Å². The van der Waals surface area contributed by atoms with Crippen LogP contribution in [0, 0.1) is 0 Å². The highest BCUT2D eigenvalue weighted by atomic mass is 35.5. The van der Waals surface area contributed by atoms with Crippen LogP contribution in [-0.4, -0.2) is 11.0 Å². The number of nitrogens with zero attached hydrogens (tertiary/aromatic N) is 1. The van der Waals surface area contributed by atoms with Gasteiger partial charge in [0.15, 0.2) is 0 Å². The maximum atomic E-state index is 10.8. The molecule has 0 bridgehead atoms. The molecule has 0 aliphatic rings. The molecule has 25 heavy (non-hydrogen) atoms. The quantitative estimate of drug-likeness (QED) is 0.657. The molecule has 7 heteroatoms. The molecule has 5 nitrogen and oxygen atoms in total. The van der Waals surface area contributed by atoms with Crippen molar-refractivity contribution < 1.29 is 19.1 Å². The summed E-state index contributed by atoms with van der Waals surface area (Å²) in [4.78, 5) is 14.7. The minimum atomic E-state index is -1.36. The first kappa shape index (κ1) is 17.3. The van der Waals surface area contributed by atoms with Crippen LogP contribution < -0.4 is 9.84 Å². The van der Waals surface area contributed by atoms with E-state index in [0.29, 0.717) is 28.0 Å². The summed E-state index contributed by atoms with van der Waals surface area (Å²) in [5.41, 5.74) is 1.56. The maximum Gasteiger partial charge on any atom is 0.149 e. The topological polar surface area (TPSA) is 75.4 Å². The number of rotatable bonds is 6. The Balaban J connectivity index is 1.80. The SMILES string of the molecule is O=C([O-])c1ccc(Cc2cc(Cl)ccc2OCc2ccncc2Cl)o1. The number of aromatic nitrogens is 1. The third kappa shape index (κ3) is 4.32. The number of hydrogen-bond acceptors (Lipinski definition) is 5. The van der Waals surface area contributed by atoms with Crippen molar-refractivity contribution in [2.75, 3.05) is 0 Å². The lowest BCUT2D eigenvalue weighted by molar-refractivity contribution is -0.257. The van der Waals surface area contributed by atoms with E-state index in [2.05, 4.69) is 4.98 Å². The van der Waals surface area contributed by atoms with Gasteiger partial charge in [0, 0.05) is 35.0 Å². The first-order valence-electron chi connectivity index (χ1n) is 7.32. The highest BCUT2D eigenvalue weighted by Crippen LogP contribution is 2.27. The standard InChI is InChI=1S/C18H13Cl2NO4/c19-13-1-3-16(24-10-11-5-6-21-9-15(11)20)12(7-13)8-14-2-4-17(25-14)18(22)23/h1-7,9H,8,10H2,(H,22,23)/p-1. The summed E-state index contributed by atoms with van der Waals surface area (Å²) < 4.78 is 11.1. The van der Waals surface area contributed by atoms with E-state index < -0.39 is 5.97 Å². The normalized spacial score (nSPS) is 10.6. The lowest BCUT2D eigenvalue weighted by atomic mass is 10.1. The Bertz CT molecular complexity index is 908. The summed E-state index contributed by atoms with van der Waals surface area (Å²) in [5, 5.41) is 11.9. The van der Waals surface area contributed by atoms with Gasteiger partial charge < -0.3 is 19.1 Å². The number of furan rings is 1. The van der Waals surface area contributed by atoms with E-state index in [-0.39, 0.29) is 12.4 Å². The Morgan fingerprint density at radius 1 is 1.16 bits per heavy atom. The highest BCUT2D eigenvalue weighted by molar-refractivity contribution is 6.31. The van der Waals surface area contributed by atoms with Gasteiger partial charge in [-0.1, -0.05) is 23.2 Å². The zero-order chi connectivity index (χ0) is 17.8. The second-order valence-electron chi connectivity index (χ2n) is 5.24. The van der Waals surface area contributed by atoms with Gasteiger partial charge in [-0.2, -0.15) is 0 Å². The van der Waals surface area contributed by atoms with Crippen LogP contribution in [0.15, 0.2) is 53.2 Å². The maximum absolute atomic E-state index is 10.8. The van der Waals surface area contributed by atoms with Crippen LogP contribution >= 0.6 is 23.2 Å². The molecule has 0 fully saturated rings. The summed E-state index contributed by atoms with van der Waals surface area (Å²) in [5.74, 6) is -0.513. The molecule has 0 saturated carbocycles. The zero-order valence-electron chi connectivity index (χ0n) is 12.9. The number of hydrogen-bond donors (Lipinski definition) is 0. The van der Waals surface area contributed by atoms with Crippen molar-refractivity contribution in [1.82, 2.24) is 4.98 Å². The van der Waals surface area contributed by atoms with E-state index in [4.69, 9.17) is 32.4 Å². The molecule has 1 aromatic carbocycles. The fourth-order valence-corrected chi connectivity index (χ4v) is 2.64. The molecule has 3 aromatic rings. The number of carboxylic acids is 1. The Labute approximate surface area is 153 Å². The van der Waals surface area contributed by atoms with E-state index in [0.717, 1.165) is 11.1 Å². The van der Waals surface area contributed by atoms with Gasteiger partial charge in [0.25, 0.3) is 0 Å². The largest absolute Gasteiger partial charge is 0.542 e. The van der Waals surface area contributed by atoms with E-state index in [1.54, 1.807) is 42.7 Å². The molecule has 2 aromatic heterocycles. The predicted octanol–water partition coefficient (Wildman–Crippen LogP) is 3.51. The fraction of sp³-hybridized carbons (Fsp3) is 0.111. The molecule has 2 heterocycles. The van der Waals surface area contributed by atoms with E-state index >= 15 is 0 Å². The first-order chi connectivity index (χ1) is 12.0. The number of pyridine rings is 1. The van der Waals surface area contributed by atoms with Crippen molar-refractivity contribution >= 4 is 29.2 Å². The third-order valence-electron chi connectivity index (χ3n) is 3.49. The van der Waals surface area contributed by atoms with Crippen LogP contribution in [0.3, 0.4) is 0 Å². The van der Waals surface area contributed by atoms with Gasteiger partial charge >= 0.3 is 0 Å². The van der Waals surface area contributed by atoms with Crippen molar-refractivity contribution in [3.8, 4) is 5.75 Å². The number of carboxylic acid groups (broad SMARTS) is 1. The van der Waals surface area contributed by atoms with Crippen LogP contribution in [0.1, 0.15) is 27.4 Å². The van der Waals surface area contributed by atoms with Crippen molar-refractivity contribution in [2.24, 2.45) is 0 Å². The smallest absolute Gasteiger partial charge is 0.149 e. The molecule has 0 atom stereocenters. The average molecular weight is 377 g/mol. The minimum absolute atomic E-state index is 0.219. The summed E-state index contributed by atoms with van der Waals surface area (Å²) in [6.07, 6.45) is 3.51. The molecular formula is C18H12Cl2NO4-. The Morgan fingerprint density at radius 2 is 2.00 bits per heavy atom. The molecule has 0 aliphatic carbocycles. The fourth-order valence-electron chi connectivity index (χ4n) is 2.27. The molecule has 0 spiro atoms. The summed E-state index contributed by atoms with van der Waals surface area (Å²) >= 11 is 12.1. The van der Waals surface area contributed by atoms with Crippen LogP contribution in [0.2, 0.25) is 10.0 Å². The average Bonchev–Trinajstić information content (AvgIpc) is 3.04. The first-order valence-corrected chi connectivity index (χ1v) is 8.08. The molecular weight excluding hydrogens is 365 g/mol. The summed E-state index contributed by atoms with van der Waals surface area (Å²) in [7, 11) is 0. The number of ether oxygens (including phenoxy) is 1. The van der Waals surface area contributed by atoms with Gasteiger partial charge in [0.2, 0.25) is 0 Å². The zero-order valence-corrected chi connectivity index (χ0v) is 14.4. The van der Waals surface area contributed by atoms with E-state index in [1.165, 1.54) is 6.07 Å². The minimum Gasteiger partial charge on any atom is -0.542 e. The Kier molecular flexibility index (Phi) is 5.26. The molecule has 0 amide bonds. The van der Waals surface area contributed by atoms with Crippen molar-refractivity contribution in [3.63, 3.8) is 0 Å². The van der Waals surface area contributed by atoms with Crippen molar-refractivity contribution in [2.45, 2.75) is 13.0 Å². The van der Waals surface area contributed by atoms with Crippen molar-refractivity contribution in [1.29, 1.82) is 0 Å². The highest BCUT2D eigenvalue weighted by Gasteiger charge is 2.11. The number of halogens is 2. The molecule has 3 rings (SSSR count). The van der Waals surface area contributed by atoms with E-state index in [9.17, 15) is 9.90 Å². The van der Waals surface area contributed by atoms with Gasteiger partial charge in [-0.15, -0.1) is 0 Å². The molecule has 0 radical (unpaired) electrons. The van der Waals surface area contributed by atoms with Crippen LogP contribution in [0.4, 0.5) is 0 Å². The predicted molar refractivity (Wildman–Crippen MR) is 90.9 cm³/mol. The molecule has 128 valence electrons. The summed E-state index contributed by atoms with van der Waals surface area (Å²) in [6.45, 7) is 0.262. The van der Waals surface area contributed by atoms with E-state index in [1.807, 2.05) is 0 Å². The second kappa shape index (κ2) is 7.59. The van der Waals surface area contributed by atoms with Crippen LogP contribution in [0.25, 0.3) is 0 Å². The lowest BCUT2D eigenvalue weighted by Crippen LogP contribution is -2.21. The number of carbonyl (C=O) groups is 1. The lowest BCUT2D eigenvalue weighted by Gasteiger charge is -2.12. The van der Waals surface area contributed by atoms with Gasteiger partial charge in [-0.25, -0.2) is 0 Å². The van der Waals surface area contributed by atoms with Crippen molar-refractivity contribution in [3.05, 3.63) is 81.5 Å². The molecule has 0 unspecified atom stereocenters. The number of benzene rings is 1. The molecule has 0 aliphatic heterocycles. The van der Waals surface area contributed by atoms with Gasteiger partial charge in [0.1, 0.15) is 29.8 Å². The molecule has 0 saturated heterocycles. The second-order valence-corrected chi connectivity index (χ2v) is 6.08. The monoisotopic (exact) mass is 376 g/mol. The van der Waals surface area contributed by atoms with Gasteiger partial charge in [0.05, 0.1) is 5.02 Å². The summed E-state index contributed by atoms with van der Waals surface area (Å²) in [6, 6.07) is 9.91. The van der Waals surface area contributed by atoms with Crippen LogP contribution in [0.5, 0.6) is 5.75 Å². The van der Waals surface area contributed by atoms with Crippen LogP contribution in [-0.2, 0) is 13.0 Å². The Hall–Kier alpha value is -2.50.